The Morgan fingerprint density at radius 1 is 1.06 bits per heavy atom. The Labute approximate surface area is 213 Å². The van der Waals surface area contributed by atoms with Gasteiger partial charge in [-0.3, -0.25) is 9.79 Å². The number of nitrogens with zero attached hydrogens (tertiary/aromatic N) is 1. The third-order valence-corrected chi connectivity index (χ3v) is 6.99. The Hall–Kier alpha value is -2.35. The maximum Gasteiger partial charge on any atom is 0.403 e. The number of benzene rings is 3. The van der Waals surface area contributed by atoms with Gasteiger partial charge in [0.2, 0.25) is 0 Å². The molecule has 0 aromatic heterocycles. The minimum absolute atomic E-state index is 0.0388. The summed E-state index contributed by atoms with van der Waals surface area (Å²) in [5.41, 5.74) is -0.372. The Morgan fingerprint density at radius 2 is 1.74 bits per heavy atom. The number of hydrogen-bond donors (Lipinski definition) is 1. The van der Waals surface area contributed by atoms with Crippen molar-refractivity contribution in [3.8, 4) is 0 Å². The Morgan fingerprint density at radius 3 is 2.35 bits per heavy atom. The van der Waals surface area contributed by atoms with Gasteiger partial charge >= 0.3 is 6.18 Å². The van der Waals surface area contributed by atoms with Gasteiger partial charge in [0.25, 0.3) is 5.91 Å². The van der Waals surface area contributed by atoms with Crippen molar-refractivity contribution in [1.82, 2.24) is 5.32 Å². The molecule has 3 aromatic carbocycles. The minimum atomic E-state index is -4.59. The van der Waals surface area contributed by atoms with Gasteiger partial charge in [-0.2, -0.15) is 13.2 Å². The zero-order valence-electron chi connectivity index (χ0n) is 17.5. The van der Waals surface area contributed by atoms with E-state index in [0.29, 0.717) is 15.6 Å². The molecule has 1 amide bonds. The number of hydrogen-bond acceptors (Lipinski definition) is 2. The van der Waals surface area contributed by atoms with E-state index in [-0.39, 0.29) is 34.5 Å². The van der Waals surface area contributed by atoms with E-state index in [9.17, 15) is 18.0 Å². The number of carbonyl (C=O) groups is 1. The number of amides is 1. The van der Waals surface area contributed by atoms with E-state index in [1.807, 2.05) is 6.07 Å². The van der Waals surface area contributed by atoms with Gasteiger partial charge in [-0.1, -0.05) is 69.5 Å². The highest BCUT2D eigenvalue weighted by atomic mass is 79.9. The predicted molar refractivity (Wildman–Crippen MR) is 132 cm³/mol. The molecule has 9 heteroatoms. The molecule has 3 aromatic rings. The number of aliphatic imine (C=N–C) groups is 1. The topological polar surface area (TPSA) is 41.5 Å². The molecule has 0 saturated heterocycles. The third kappa shape index (κ3) is 5.02. The first-order valence-corrected chi connectivity index (χ1v) is 11.8. The molecule has 0 radical (unpaired) electrons. The standard InChI is InChI=1S/C25H18BrCl2F3N2O/c26-21-8-16(6-7-17(21)13-32-23(34)15-4-2-1-3-5-15)22-12-24(14-33-22,25(29,30)31)18-9-19(27)11-20(28)10-18/h1-11,14,22H,12-13H2,(H,32,34). The lowest BCUT2D eigenvalue weighted by atomic mass is 9.77. The molecule has 2 unspecified atom stereocenters. The van der Waals surface area contributed by atoms with Crippen molar-refractivity contribution in [2.75, 3.05) is 0 Å². The van der Waals surface area contributed by atoms with Crippen LogP contribution in [-0.2, 0) is 12.0 Å². The minimum Gasteiger partial charge on any atom is -0.348 e. The van der Waals surface area contributed by atoms with Crippen molar-refractivity contribution in [2.24, 2.45) is 4.99 Å². The molecule has 4 rings (SSSR count). The van der Waals surface area contributed by atoms with Crippen LogP contribution in [0.3, 0.4) is 0 Å². The van der Waals surface area contributed by atoms with Gasteiger partial charge in [0.15, 0.2) is 0 Å². The van der Waals surface area contributed by atoms with Gasteiger partial charge in [0.1, 0.15) is 5.41 Å². The summed E-state index contributed by atoms with van der Waals surface area (Å²) in [6, 6.07) is 17.3. The molecule has 1 aliphatic heterocycles. The van der Waals surface area contributed by atoms with Gasteiger partial charge in [-0.25, -0.2) is 0 Å². The van der Waals surface area contributed by atoms with Crippen molar-refractivity contribution in [1.29, 1.82) is 0 Å². The smallest absolute Gasteiger partial charge is 0.348 e. The number of alkyl halides is 3. The molecule has 1 N–H and O–H groups in total. The highest BCUT2D eigenvalue weighted by molar-refractivity contribution is 9.10. The molecule has 2 atom stereocenters. The summed E-state index contributed by atoms with van der Waals surface area (Å²) in [5.74, 6) is -0.216. The molecule has 1 heterocycles. The summed E-state index contributed by atoms with van der Waals surface area (Å²) in [5, 5.41) is 3.10. The third-order valence-electron chi connectivity index (χ3n) is 5.81. The zero-order chi connectivity index (χ0) is 24.5. The first-order chi connectivity index (χ1) is 16.1. The molecule has 176 valence electrons. The van der Waals surface area contributed by atoms with E-state index < -0.39 is 17.6 Å². The van der Waals surface area contributed by atoms with Crippen LogP contribution < -0.4 is 5.32 Å². The summed E-state index contributed by atoms with van der Waals surface area (Å²) in [4.78, 5) is 16.5. The van der Waals surface area contributed by atoms with Crippen molar-refractivity contribution in [3.05, 3.63) is 104 Å². The number of nitrogens with one attached hydrogen (secondary N) is 1. The van der Waals surface area contributed by atoms with Crippen LogP contribution in [0.2, 0.25) is 10.0 Å². The fourth-order valence-corrected chi connectivity index (χ4v) is 5.03. The predicted octanol–water partition coefficient (Wildman–Crippen LogP) is 7.70. The second-order valence-electron chi connectivity index (χ2n) is 8.02. The fourth-order valence-electron chi connectivity index (χ4n) is 3.97. The maximum absolute atomic E-state index is 14.3. The molecule has 1 aliphatic rings. The lowest BCUT2D eigenvalue weighted by Gasteiger charge is -2.30. The average molecular weight is 570 g/mol. The van der Waals surface area contributed by atoms with Crippen molar-refractivity contribution < 1.29 is 18.0 Å². The lowest BCUT2D eigenvalue weighted by Crippen LogP contribution is -2.42. The van der Waals surface area contributed by atoms with Crippen molar-refractivity contribution >= 4 is 51.3 Å². The summed E-state index contributed by atoms with van der Waals surface area (Å²) in [7, 11) is 0. The van der Waals surface area contributed by atoms with Crippen LogP contribution in [0, 0.1) is 0 Å². The highest BCUT2D eigenvalue weighted by Crippen LogP contribution is 2.51. The van der Waals surface area contributed by atoms with E-state index in [2.05, 4.69) is 26.2 Å². The molecule has 0 bridgehead atoms. The molecular weight excluding hydrogens is 552 g/mol. The summed E-state index contributed by atoms with van der Waals surface area (Å²) >= 11 is 15.5. The summed E-state index contributed by atoms with van der Waals surface area (Å²) < 4.78 is 43.5. The monoisotopic (exact) mass is 568 g/mol. The van der Waals surface area contributed by atoms with Gasteiger partial charge in [-0.15, -0.1) is 0 Å². The average Bonchev–Trinajstić information content (AvgIpc) is 3.25. The van der Waals surface area contributed by atoms with Gasteiger partial charge < -0.3 is 5.32 Å². The molecule has 0 fully saturated rings. The van der Waals surface area contributed by atoms with Crippen LogP contribution in [0.25, 0.3) is 0 Å². The van der Waals surface area contributed by atoms with Crippen molar-refractivity contribution in [2.45, 2.75) is 30.6 Å². The summed E-state index contributed by atoms with van der Waals surface area (Å²) in [6.07, 6.45) is -3.93. The van der Waals surface area contributed by atoms with E-state index >= 15 is 0 Å². The Bertz CT molecular complexity index is 1230. The van der Waals surface area contributed by atoms with Crippen LogP contribution in [0.15, 0.2) is 76.2 Å². The first kappa shape index (κ1) is 24.8. The maximum atomic E-state index is 14.3. The second kappa shape index (κ2) is 9.72. The Balaban J connectivity index is 1.53. The molecular formula is C25H18BrCl2F3N2O. The van der Waals surface area contributed by atoms with E-state index in [4.69, 9.17) is 23.2 Å². The Kier molecular flexibility index (Phi) is 7.08. The zero-order valence-corrected chi connectivity index (χ0v) is 20.6. The van der Waals surface area contributed by atoms with Crippen LogP contribution in [0.4, 0.5) is 13.2 Å². The van der Waals surface area contributed by atoms with Crippen LogP contribution in [-0.4, -0.2) is 18.3 Å². The van der Waals surface area contributed by atoms with Gasteiger partial charge in [0, 0.05) is 32.8 Å². The van der Waals surface area contributed by atoms with Crippen LogP contribution >= 0.6 is 39.1 Å². The van der Waals surface area contributed by atoms with Gasteiger partial charge in [0.05, 0.1) is 6.04 Å². The molecule has 3 nitrogen and oxygen atoms in total. The molecule has 0 spiro atoms. The van der Waals surface area contributed by atoms with E-state index in [1.54, 1.807) is 42.5 Å². The quantitative estimate of drug-likeness (QED) is 0.336. The lowest BCUT2D eigenvalue weighted by molar-refractivity contribution is -0.168. The summed E-state index contributed by atoms with van der Waals surface area (Å²) in [6.45, 7) is 0.260. The van der Waals surface area contributed by atoms with Crippen LogP contribution in [0.1, 0.15) is 39.5 Å². The van der Waals surface area contributed by atoms with Crippen LogP contribution in [0.5, 0.6) is 0 Å². The number of carbonyl (C=O) groups excluding carboxylic acids is 1. The van der Waals surface area contributed by atoms with Gasteiger partial charge in [-0.05, 0) is 59.5 Å². The highest BCUT2D eigenvalue weighted by Gasteiger charge is 2.58. The largest absolute Gasteiger partial charge is 0.403 e. The van der Waals surface area contributed by atoms with E-state index in [0.717, 1.165) is 11.8 Å². The number of rotatable bonds is 5. The SMILES string of the molecule is O=C(NCc1ccc(C2CC(c3cc(Cl)cc(Cl)c3)(C(F)(F)F)C=N2)cc1Br)c1ccccc1. The molecule has 0 saturated carbocycles. The van der Waals surface area contributed by atoms with E-state index in [1.165, 1.54) is 18.2 Å². The molecule has 0 aliphatic carbocycles. The second-order valence-corrected chi connectivity index (χ2v) is 9.75. The number of halogens is 6. The molecule has 34 heavy (non-hydrogen) atoms. The van der Waals surface area contributed by atoms with Crippen molar-refractivity contribution in [3.63, 3.8) is 0 Å². The normalized spacial score (nSPS) is 19.9. The fraction of sp³-hybridized carbons (Fsp3) is 0.200. The first-order valence-electron chi connectivity index (χ1n) is 10.3.